The molecule has 1 heterocycles. The van der Waals surface area contributed by atoms with E-state index in [1.165, 1.54) is 6.42 Å². The molecule has 0 radical (unpaired) electrons. The van der Waals surface area contributed by atoms with Gasteiger partial charge in [0, 0.05) is 0 Å². The van der Waals surface area contributed by atoms with E-state index in [4.69, 9.17) is 10.5 Å². The summed E-state index contributed by atoms with van der Waals surface area (Å²) in [5.41, 5.74) is 5.65. The minimum absolute atomic E-state index is 0.0104. The second kappa shape index (κ2) is 5.28. The molecule has 1 unspecified atom stereocenters. The van der Waals surface area contributed by atoms with Crippen molar-refractivity contribution in [3.63, 3.8) is 0 Å². The van der Waals surface area contributed by atoms with Gasteiger partial charge in [-0.3, -0.25) is 0 Å². The van der Waals surface area contributed by atoms with Crippen molar-refractivity contribution in [2.75, 3.05) is 19.6 Å². The highest BCUT2D eigenvalue weighted by Gasteiger charge is 2.34. The molecule has 90 valence electrons. The average Bonchev–Trinajstić information content (AvgIpc) is 2.28. The third-order valence-corrected chi connectivity index (χ3v) is 2.87. The van der Waals surface area contributed by atoms with Gasteiger partial charge in [0.2, 0.25) is 0 Å². The zero-order chi connectivity index (χ0) is 11.4. The van der Waals surface area contributed by atoms with E-state index in [1.807, 2.05) is 0 Å². The van der Waals surface area contributed by atoms with E-state index in [-0.39, 0.29) is 11.2 Å². The summed E-state index contributed by atoms with van der Waals surface area (Å²) in [4.78, 5) is 0. The SMILES string of the molecule is CC(C)(C)OC1(CCN)CCCNCC1. The lowest BCUT2D eigenvalue weighted by Gasteiger charge is -2.39. The molecule has 0 aliphatic carbocycles. The molecular formula is C12H26N2O. The molecule has 1 fully saturated rings. The molecule has 0 aromatic rings. The largest absolute Gasteiger partial charge is 0.369 e. The predicted molar refractivity (Wildman–Crippen MR) is 64.0 cm³/mol. The first-order chi connectivity index (χ1) is 6.97. The number of hydrogen-bond donors (Lipinski definition) is 2. The van der Waals surface area contributed by atoms with Gasteiger partial charge in [-0.15, -0.1) is 0 Å². The Labute approximate surface area is 93.8 Å². The molecule has 0 aromatic heterocycles. The van der Waals surface area contributed by atoms with Crippen molar-refractivity contribution in [1.82, 2.24) is 5.32 Å². The van der Waals surface area contributed by atoms with Gasteiger partial charge in [-0.05, 0) is 66.1 Å². The number of rotatable bonds is 3. The van der Waals surface area contributed by atoms with Crippen LogP contribution in [0.25, 0.3) is 0 Å². The summed E-state index contributed by atoms with van der Waals surface area (Å²) in [5.74, 6) is 0. The van der Waals surface area contributed by atoms with E-state index in [0.29, 0.717) is 0 Å². The van der Waals surface area contributed by atoms with E-state index in [9.17, 15) is 0 Å². The Morgan fingerprint density at radius 3 is 2.60 bits per heavy atom. The Morgan fingerprint density at radius 1 is 1.27 bits per heavy atom. The van der Waals surface area contributed by atoms with Crippen LogP contribution in [0.4, 0.5) is 0 Å². The van der Waals surface area contributed by atoms with E-state index in [1.54, 1.807) is 0 Å². The van der Waals surface area contributed by atoms with Crippen molar-refractivity contribution in [1.29, 1.82) is 0 Å². The van der Waals surface area contributed by atoms with Gasteiger partial charge in [0.1, 0.15) is 0 Å². The molecule has 0 amide bonds. The summed E-state index contributed by atoms with van der Waals surface area (Å²) in [6.07, 6.45) is 4.39. The van der Waals surface area contributed by atoms with Crippen molar-refractivity contribution in [3.8, 4) is 0 Å². The molecule has 1 aliphatic rings. The lowest BCUT2D eigenvalue weighted by Crippen LogP contribution is -2.42. The zero-order valence-corrected chi connectivity index (χ0v) is 10.4. The summed E-state index contributed by atoms with van der Waals surface area (Å²) in [6, 6.07) is 0. The quantitative estimate of drug-likeness (QED) is 0.751. The normalized spacial score (nSPS) is 28.8. The molecule has 3 heteroatoms. The lowest BCUT2D eigenvalue weighted by atomic mass is 9.89. The smallest absolute Gasteiger partial charge is 0.0714 e. The van der Waals surface area contributed by atoms with Crippen LogP contribution in [0.3, 0.4) is 0 Å². The van der Waals surface area contributed by atoms with Crippen LogP contribution < -0.4 is 11.1 Å². The molecule has 0 bridgehead atoms. The highest BCUT2D eigenvalue weighted by atomic mass is 16.5. The first-order valence-corrected chi connectivity index (χ1v) is 6.08. The van der Waals surface area contributed by atoms with Gasteiger partial charge in [-0.25, -0.2) is 0 Å². The summed E-state index contributed by atoms with van der Waals surface area (Å²) < 4.78 is 6.27. The highest BCUT2D eigenvalue weighted by Crippen LogP contribution is 2.32. The maximum atomic E-state index is 6.27. The molecule has 1 atom stereocenters. The van der Waals surface area contributed by atoms with Crippen LogP contribution in [-0.4, -0.2) is 30.8 Å². The monoisotopic (exact) mass is 214 g/mol. The fraction of sp³-hybridized carbons (Fsp3) is 1.00. The van der Waals surface area contributed by atoms with Crippen molar-refractivity contribution in [3.05, 3.63) is 0 Å². The van der Waals surface area contributed by atoms with Gasteiger partial charge in [-0.2, -0.15) is 0 Å². The minimum atomic E-state index is -0.0699. The van der Waals surface area contributed by atoms with Gasteiger partial charge in [0.05, 0.1) is 11.2 Å². The number of hydrogen-bond acceptors (Lipinski definition) is 3. The van der Waals surface area contributed by atoms with Crippen LogP contribution in [0.1, 0.15) is 46.5 Å². The van der Waals surface area contributed by atoms with Crippen LogP contribution in [-0.2, 0) is 4.74 Å². The topological polar surface area (TPSA) is 47.3 Å². The van der Waals surface area contributed by atoms with Gasteiger partial charge in [0.25, 0.3) is 0 Å². The number of nitrogens with two attached hydrogens (primary N) is 1. The summed E-state index contributed by atoms with van der Waals surface area (Å²) in [7, 11) is 0. The van der Waals surface area contributed by atoms with Gasteiger partial charge >= 0.3 is 0 Å². The fourth-order valence-electron chi connectivity index (χ4n) is 2.42. The predicted octanol–water partition coefficient (Wildman–Crippen LogP) is 1.66. The highest BCUT2D eigenvalue weighted by molar-refractivity contribution is 4.87. The van der Waals surface area contributed by atoms with Crippen LogP contribution in [0.2, 0.25) is 0 Å². The van der Waals surface area contributed by atoms with E-state index in [0.717, 1.165) is 38.9 Å². The Hall–Kier alpha value is -0.120. The maximum absolute atomic E-state index is 6.27. The van der Waals surface area contributed by atoms with Gasteiger partial charge in [0.15, 0.2) is 0 Å². The average molecular weight is 214 g/mol. The summed E-state index contributed by atoms with van der Waals surface area (Å²) in [5, 5.41) is 3.43. The molecule has 0 aromatic carbocycles. The van der Waals surface area contributed by atoms with E-state index < -0.39 is 0 Å². The zero-order valence-electron chi connectivity index (χ0n) is 10.4. The van der Waals surface area contributed by atoms with Crippen molar-refractivity contribution < 1.29 is 4.74 Å². The molecule has 15 heavy (non-hydrogen) atoms. The Balaban J connectivity index is 2.66. The van der Waals surface area contributed by atoms with Gasteiger partial charge < -0.3 is 15.8 Å². The Kier molecular flexibility index (Phi) is 4.56. The second-order valence-electron chi connectivity index (χ2n) is 5.54. The van der Waals surface area contributed by atoms with Crippen LogP contribution in [0.15, 0.2) is 0 Å². The van der Waals surface area contributed by atoms with Crippen LogP contribution in [0.5, 0.6) is 0 Å². The molecule has 0 saturated carbocycles. The molecule has 3 nitrogen and oxygen atoms in total. The molecule has 1 rings (SSSR count). The van der Waals surface area contributed by atoms with E-state index in [2.05, 4.69) is 26.1 Å². The molecular weight excluding hydrogens is 188 g/mol. The summed E-state index contributed by atoms with van der Waals surface area (Å²) >= 11 is 0. The standard InChI is InChI=1S/C12H26N2O/c1-11(2,3)15-12(6-8-13)5-4-9-14-10-7-12/h14H,4-10,13H2,1-3H3. The maximum Gasteiger partial charge on any atom is 0.0714 e. The molecule has 1 saturated heterocycles. The Bertz CT molecular complexity index is 179. The molecule has 0 spiro atoms. The first kappa shape index (κ1) is 12.9. The summed E-state index contributed by atoms with van der Waals surface area (Å²) in [6.45, 7) is 9.27. The molecule has 1 aliphatic heterocycles. The third kappa shape index (κ3) is 4.49. The van der Waals surface area contributed by atoms with Crippen LogP contribution >= 0.6 is 0 Å². The minimum Gasteiger partial charge on any atom is -0.369 e. The third-order valence-electron chi connectivity index (χ3n) is 2.87. The second-order valence-corrected chi connectivity index (χ2v) is 5.54. The fourth-order valence-corrected chi connectivity index (χ4v) is 2.42. The van der Waals surface area contributed by atoms with Crippen LogP contribution in [0, 0.1) is 0 Å². The molecule has 3 N–H and O–H groups in total. The van der Waals surface area contributed by atoms with Gasteiger partial charge in [-0.1, -0.05) is 0 Å². The Morgan fingerprint density at radius 2 is 2.00 bits per heavy atom. The number of nitrogens with one attached hydrogen (secondary N) is 1. The van der Waals surface area contributed by atoms with Crippen molar-refractivity contribution >= 4 is 0 Å². The van der Waals surface area contributed by atoms with E-state index >= 15 is 0 Å². The lowest BCUT2D eigenvalue weighted by molar-refractivity contribution is -0.140. The number of ether oxygens (including phenoxy) is 1. The van der Waals surface area contributed by atoms with Crippen molar-refractivity contribution in [2.45, 2.75) is 57.7 Å². The van der Waals surface area contributed by atoms with Crippen molar-refractivity contribution in [2.24, 2.45) is 5.73 Å². The first-order valence-electron chi connectivity index (χ1n) is 6.08.